The molecular weight excluding hydrogens is 298 g/mol. The number of amides is 3. The van der Waals surface area contributed by atoms with Crippen LogP contribution in [0.1, 0.15) is 16.1 Å². The van der Waals surface area contributed by atoms with E-state index in [1.165, 1.54) is 6.26 Å². The van der Waals surface area contributed by atoms with Gasteiger partial charge in [0.25, 0.3) is 5.91 Å². The quantitative estimate of drug-likeness (QED) is 0.681. The number of hydrogen-bond acceptors (Lipinski definition) is 4. The molecule has 2 aromatic rings. The summed E-state index contributed by atoms with van der Waals surface area (Å²) in [7, 11) is 1.58. The molecule has 0 aliphatic heterocycles. The van der Waals surface area contributed by atoms with E-state index in [1.807, 2.05) is 12.1 Å². The van der Waals surface area contributed by atoms with Gasteiger partial charge in [-0.05, 0) is 29.8 Å². The van der Waals surface area contributed by atoms with Crippen LogP contribution in [-0.4, -0.2) is 32.2 Å². The first-order valence-electron chi connectivity index (χ1n) is 7.13. The van der Waals surface area contributed by atoms with E-state index < -0.39 is 0 Å². The summed E-state index contributed by atoms with van der Waals surface area (Å²) >= 11 is 0. The molecule has 7 heteroatoms. The first kappa shape index (κ1) is 16.6. The lowest BCUT2D eigenvalue weighted by Gasteiger charge is -2.08. The molecular formula is C16H19N3O4. The summed E-state index contributed by atoms with van der Waals surface area (Å²) in [5.74, 6) is -0.0538. The van der Waals surface area contributed by atoms with Gasteiger partial charge in [-0.25, -0.2) is 4.79 Å². The summed E-state index contributed by atoms with van der Waals surface area (Å²) in [5.41, 5.74) is 1.57. The molecule has 122 valence electrons. The number of urea groups is 1. The fraction of sp³-hybridized carbons (Fsp3) is 0.250. The summed E-state index contributed by atoms with van der Waals surface area (Å²) in [6.07, 6.45) is 1.45. The molecule has 0 fully saturated rings. The van der Waals surface area contributed by atoms with E-state index in [4.69, 9.17) is 9.15 Å². The summed E-state index contributed by atoms with van der Waals surface area (Å²) in [6.45, 7) is 1.32. The molecule has 0 atom stereocenters. The van der Waals surface area contributed by atoms with Gasteiger partial charge in [-0.3, -0.25) is 4.79 Å². The predicted octanol–water partition coefficient (Wildman–Crippen LogP) is 1.98. The third-order valence-corrected chi connectivity index (χ3v) is 3.00. The Morgan fingerprint density at radius 2 is 1.91 bits per heavy atom. The summed E-state index contributed by atoms with van der Waals surface area (Å²) in [5, 5.41) is 8.12. The Morgan fingerprint density at radius 1 is 1.13 bits per heavy atom. The van der Waals surface area contributed by atoms with Gasteiger partial charge in [-0.1, -0.05) is 12.1 Å². The van der Waals surface area contributed by atoms with E-state index in [0.717, 1.165) is 5.56 Å². The molecule has 0 bridgehead atoms. The number of hydrogen-bond donors (Lipinski definition) is 3. The molecule has 23 heavy (non-hydrogen) atoms. The first-order chi connectivity index (χ1) is 11.2. The van der Waals surface area contributed by atoms with Crippen molar-refractivity contribution in [3.8, 4) is 0 Å². The minimum absolute atomic E-state index is 0.253. The van der Waals surface area contributed by atoms with E-state index >= 15 is 0 Å². The monoisotopic (exact) mass is 317 g/mol. The standard InChI is InChI=1S/C16H19N3O4/c1-22-10-8-17-16(21)18-11-12-4-6-13(7-5-12)19-15(20)14-3-2-9-23-14/h2-7,9H,8,10-11H2,1H3,(H,19,20)(H2,17,18,21). The van der Waals surface area contributed by atoms with E-state index in [0.29, 0.717) is 25.4 Å². The first-order valence-corrected chi connectivity index (χ1v) is 7.13. The van der Waals surface area contributed by atoms with Gasteiger partial charge in [0.15, 0.2) is 5.76 Å². The van der Waals surface area contributed by atoms with E-state index in [9.17, 15) is 9.59 Å². The molecule has 3 N–H and O–H groups in total. The van der Waals surface area contributed by atoms with Crippen molar-refractivity contribution in [2.45, 2.75) is 6.54 Å². The number of nitrogens with one attached hydrogen (secondary N) is 3. The van der Waals surface area contributed by atoms with Crippen LogP contribution in [-0.2, 0) is 11.3 Å². The highest BCUT2D eigenvalue weighted by Crippen LogP contribution is 2.11. The third-order valence-electron chi connectivity index (χ3n) is 3.00. The normalized spacial score (nSPS) is 10.1. The number of ether oxygens (including phenoxy) is 1. The zero-order chi connectivity index (χ0) is 16.5. The predicted molar refractivity (Wildman–Crippen MR) is 85.2 cm³/mol. The maximum absolute atomic E-state index is 11.8. The lowest BCUT2D eigenvalue weighted by molar-refractivity contribution is 0.0996. The Hall–Kier alpha value is -2.80. The molecule has 2 rings (SSSR count). The molecule has 0 spiro atoms. The lowest BCUT2D eigenvalue weighted by Crippen LogP contribution is -2.36. The number of anilines is 1. The van der Waals surface area contributed by atoms with Crippen LogP contribution in [0.4, 0.5) is 10.5 Å². The summed E-state index contributed by atoms with van der Waals surface area (Å²) in [4.78, 5) is 23.3. The average molecular weight is 317 g/mol. The van der Waals surface area contributed by atoms with Crippen molar-refractivity contribution < 1.29 is 18.7 Å². The average Bonchev–Trinajstić information content (AvgIpc) is 3.09. The molecule has 1 aromatic carbocycles. The number of rotatable bonds is 7. The summed E-state index contributed by atoms with van der Waals surface area (Å²) < 4.78 is 9.86. The highest BCUT2D eigenvalue weighted by Gasteiger charge is 2.08. The van der Waals surface area contributed by atoms with Gasteiger partial charge in [-0.2, -0.15) is 0 Å². The fourth-order valence-corrected chi connectivity index (χ4v) is 1.82. The smallest absolute Gasteiger partial charge is 0.315 e. The zero-order valence-electron chi connectivity index (χ0n) is 12.8. The van der Waals surface area contributed by atoms with E-state index in [-0.39, 0.29) is 17.7 Å². The fourth-order valence-electron chi connectivity index (χ4n) is 1.82. The minimum Gasteiger partial charge on any atom is -0.459 e. The van der Waals surface area contributed by atoms with Crippen molar-refractivity contribution in [1.82, 2.24) is 10.6 Å². The second-order valence-electron chi connectivity index (χ2n) is 4.73. The third kappa shape index (κ3) is 5.48. The largest absolute Gasteiger partial charge is 0.459 e. The Labute approximate surface area is 134 Å². The van der Waals surface area contributed by atoms with Crippen molar-refractivity contribution >= 4 is 17.6 Å². The van der Waals surface area contributed by atoms with Crippen molar-refractivity contribution in [3.05, 3.63) is 54.0 Å². The molecule has 0 aliphatic carbocycles. The van der Waals surface area contributed by atoms with Crippen LogP contribution in [0.2, 0.25) is 0 Å². The number of carbonyl (C=O) groups is 2. The van der Waals surface area contributed by atoms with Gasteiger partial charge >= 0.3 is 6.03 Å². The molecule has 1 aromatic heterocycles. The van der Waals surface area contributed by atoms with Crippen LogP contribution >= 0.6 is 0 Å². The van der Waals surface area contributed by atoms with Gasteiger partial charge in [-0.15, -0.1) is 0 Å². The van der Waals surface area contributed by atoms with Crippen LogP contribution in [0.15, 0.2) is 47.1 Å². The molecule has 0 saturated heterocycles. The Balaban J connectivity index is 1.78. The van der Waals surface area contributed by atoms with Gasteiger partial charge in [0, 0.05) is 25.9 Å². The Bertz CT molecular complexity index is 623. The summed E-state index contributed by atoms with van der Waals surface area (Å²) in [6, 6.07) is 10.2. The second-order valence-corrected chi connectivity index (χ2v) is 4.73. The minimum atomic E-state index is -0.307. The van der Waals surface area contributed by atoms with E-state index in [1.54, 1.807) is 31.4 Å². The van der Waals surface area contributed by atoms with Crippen LogP contribution in [0, 0.1) is 0 Å². The molecule has 1 heterocycles. The Kier molecular flexibility index (Phi) is 6.19. The number of benzene rings is 1. The number of carbonyl (C=O) groups excluding carboxylic acids is 2. The molecule has 0 aliphatic rings. The number of furan rings is 1. The maximum atomic E-state index is 11.8. The molecule has 0 saturated carbocycles. The topological polar surface area (TPSA) is 92.6 Å². The molecule has 7 nitrogen and oxygen atoms in total. The van der Waals surface area contributed by atoms with Crippen molar-refractivity contribution in [1.29, 1.82) is 0 Å². The Morgan fingerprint density at radius 3 is 2.57 bits per heavy atom. The van der Waals surface area contributed by atoms with Gasteiger partial charge < -0.3 is 25.1 Å². The van der Waals surface area contributed by atoms with Gasteiger partial charge in [0.05, 0.1) is 12.9 Å². The molecule has 0 radical (unpaired) electrons. The van der Waals surface area contributed by atoms with Crippen molar-refractivity contribution in [2.75, 3.05) is 25.6 Å². The maximum Gasteiger partial charge on any atom is 0.315 e. The highest BCUT2D eigenvalue weighted by atomic mass is 16.5. The SMILES string of the molecule is COCCNC(=O)NCc1ccc(NC(=O)c2ccco2)cc1. The van der Waals surface area contributed by atoms with Crippen molar-refractivity contribution in [3.63, 3.8) is 0 Å². The molecule has 3 amide bonds. The van der Waals surface area contributed by atoms with Crippen LogP contribution in [0.3, 0.4) is 0 Å². The van der Waals surface area contributed by atoms with Crippen LogP contribution in [0.25, 0.3) is 0 Å². The second kappa shape index (κ2) is 8.60. The van der Waals surface area contributed by atoms with Crippen LogP contribution in [0.5, 0.6) is 0 Å². The van der Waals surface area contributed by atoms with Gasteiger partial charge in [0.1, 0.15) is 0 Å². The van der Waals surface area contributed by atoms with E-state index in [2.05, 4.69) is 16.0 Å². The van der Waals surface area contributed by atoms with Crippen LogP contribution < -0.4 is 16.0 Å². The zero-order valence-corrected chi connectivity index (χ0v) is 12.8. The number of methoxy groups -OCH3 is 1. The van der Waals surface area contributed by atoms with Crippen molar-refractivity contribution in [2.24, 2.45) is 0 Å². The molecule has 0 unspecified atom stereocenters. The van der Waals surface area contributed by atoms with Gasteiger partial charge in [0.2, 0.25) is 0 Å². The lowest BCUT2D eigenvalue weighted by atomic mass is 10.2. The highest BCUT2D eigenvalue weighted by molar-refractivity contribution is 6.02.